The third-order valence-electron chi connectivity index (χ3n) is 4.77. The summed E-state index contributed by atoms with van der Waals surface area (Å²) in [4.78, 5) is 46.8. The zero-order chi connectivity index (χ0) is 27.2. The van der Waals surface area contributed by atoms with Crippen LogP contribution in [0.2, 0.25) is 0 Å². The van der Waals surface area contributed by atoms with Gasteiger partial charge >= 0.3 is 24.0 Å². The molecule has 0 radical (unpaired) electrons. The molecule has 0 bridgehead atoms. The van der Waals surface area contributed by atoms with Gasteiger partial charge in [-0.1, -0.05) is 18.2 Å². The number of amides is 2. The molecule has 0 aliphatic heterocycles. The molecule has 0 spiro atoms. The molecule has 37 heavy (non-hydrogen) atoms. The number of esters is 1. The van der Waals surface area contributed by atoms with Crippen LogP contribution in [0.15, 0.2) is 77.9 Å². The number of nitrogens with zero attached hydrogens (tertiary/aromatic N) is 2. The van der Waals surface area contributed by atoms with E-state index in [2.05, 4.69) is 10.4 Å². The normalized spacial score (nSPS) is 11.4. The summed E-state index contributed by atoms with van der Waals surface area (Å²) < 4.78 is 43.8. The summed E-state index contributed by atoms with van der Waals surface area (Å²) >= 11 is 0. The molecule has 0 aliphatic rings. The topological polar surface area (TPSA) is 140 Å². The number of para-hydroxylation sites is 1. The third kappa shape index (κ3) is 6.97. The van der Waals surface area contributed by atoms with E-state index >= 15 is 0 Å². The highest BCUT2D eigenvalue weighted by molar-refractivity contribution is 6.39. The van der Waals surface area contributed by atoms with Crippen LogP contribution in [0, 0.1) is 10.1 Å². The standard InChI is InChI=1S/C24H17F3N4O6/c1-14(29-30-22(33)21(32)28-17-6-4-5-16(13-17)24(25,26)27)19-7-2-3-8-20(19)37-23(34)15-9-11-18(12-10-15)31(35)36/h2-13H,1H3,(H,28,32)(H,30,33)/b29-14+. The van der Waals surface area contributed by atoms with E-state index in [4.69, 9.17) is 4.74 Å². The van der Waals surface area contributed by atoms with E-state index < -0.39 is 34.4 Å². The Bertz CT molecular complexity index is 1390. The Hall–Kier alpha value is -5.07. The molecule has 2 N–H and O–H groups in total. The summed E-state index contributed by atoms with van der Waals surface area (Å²) in [7, 11) is 0. The maximum Gasteiger partial charge on any atom is 0.416 e. The molecule has 13 heteroatoms. The van der Waals surface area contributed by atoms with Gasteiger partial charge in [-0.2, -0.15) is 18.3 Å². The van der Waals surface area contributed by atoms with Gasteiger partial charge in [0, 0.05) is 23.4 Å². The Morgan fingerprint density at radius 1 is 0.946 bits per heavy atom. The van der Waals surface area contributed by atoms with Crippen molar-refractivity contribution in [2.75, 3.05) is 5.32 Å². The van der Waals surface area contributed by atoms with Gasteiger partial charge in [0.05, 0.1) is 21.8 Å². The zero-order valence-corrected chi connectivity index (χ0v) is 18.9. The van der Waals surface area contributed by atoms with E-state index in [0.717, 1.165) is 24.3 Å². The molecule has 0 aromatic heterocycles. The molecule has 0 saturated carbocycles. The van der Waals surface area contributed by atoms with Crippen LogP contribution in [0.1, 0.15) is 28.4 Å². The van der Waals surface area contributed by atoms with Crippen LogP contribution >= 0.6 is 0 Å². The summed E-state index contributed by atoms with van der Waals surface area (Å²) in [5, 5.41) is 16.6. The average molecular weight is 514 g/mol. The molecule has 3 aromatic rings. The highest BCUT2D eigenvalue weighted by Crippen LogP contribution is 2.30. The van der Waals surface area contributed by atoms with Crippen molar-refractivity contribution < 1.29 is 37.2 Å². The third-order valence-corrected chi connectivity index (χ3v) is 4.77. The molecular formula is C24H17F3N4O6. The molecule has 0 atom stereocenters. The van der Waals surface area contributed by atoms with Gasteiger partial charge in [-0.3, -0.25) is 19.7 Å². The van der Waals surface area contributed by atoms with Crippen LogP contribution in [-0.4, -0.2) is 28.4 Å². The highest BCUT2D eigenvalue weighted by atomic mass is 19.4. The van der Waals surface area contributed by atoms with Crippen LogP contribution in [-0.2, 0) is 15.8 Å². The molecule has 0 heterocycles. The number of hydrogen-bond donors (Lipinski definition) is 2. The second-order valence-electron chi connectivity index (χ2n) is 7.36. The van der Waals surface area contributed by atoms with Crippen molar-refractivity contribution in [1.29, 1.82) is 0 Å². The Balaban J connectivity index is 1.68. The Morgan fingerprint density at radius 2 is 1.62 bits per heavy atom. The number of ether oxygens (including phenoxy) is 1. The summed E-state index contributed by atoms with van der Waals surface area (Å²) in [5.74, 6) is -3.26. The van der Waals surface area contributed by atoms with Crippen LogP contribution in [0.4, 0.5) is 24.5 Å². The van der Waals surface area contributed by atoms with Crippen LogP contribution in [0.25, 0.3) is 0 Å². The predicted octanol–water partition coefficient (Wildman–Crippen LogP) is 4.31. The molecule has 0 saturated heterocycles. The molecule has 0 aliphatic carbocycles. The first-order chi connectivity index (χ1) is 17.5. The number of carbonyl (C=O) groups is 3. The fourth-order valence-corrected chi connectivity index (χ4v) is 2.94. The molecule has 10 nitrogen and oxygen atoms in total. The van der Waals surface area contributed by atoms with Crippen LogP contribution < -0.4 is 15.5 Å². The molecule has 2 amide bonds. The lowest BCUT2D eigenvalue weighted by Gasteiger charge is -2.11. The van der Waals surface area contributed by atoms with E-state index in [1.54, 1.807) is 12.1 Å². The summed E-state index contributed by atoms with van der Waals surface area (Å²) in [5.41, 5.74) is 1.00. The Kier molecular flexibility index (Phi) is 7.97. The number of anilines is 1. The number of nitro groups is 1. The number of benzene rings is 3. The van der Waals surface area contributed by atoms with Gasteiger partial charge in [0.25, 0.3) is 5.69 Å². The first-order valence-electron chi connectivity index (χ1n) is 10.3. The van der Waals surface area contributed by atoms with Crippen LogP contribution in [0.5, 0.6) is 5.75 Å². The minimum atomic E-state index is -4.63. The lowest BCUT2D eigenvalue weighted by atomic mass is 10.1. The van der Waals surface area contributed by atoms with Crippen LogP contribution in [0.3, 0.4) is 0 Å². The lowest BCUT2D eigenvalue weighted by molar-refractivity contribution is -0.384. The quantitative estimate of drug-likeness (QED) is 0.125. The Morgan fingerprint density at radius 3 is 2.27 bits per heavy atom. The minimum absolute atomic E-state index is 0.0505. The van der Waals surface area contributed by atoms with Gasteiger partial charge in [0.1, 0.15) is 5.75 Å². The number of non-ortho nitro benzene ring substituents is 1. The van der Waals surface area contributed by atoms with Crippen molar-refractivity contribution in [1.82, 2.24) is 5.43 Å². The maximum absolute atomic E-state index is 12.8. The highest BCUT2D eigenvalue weighted by Gasteiger charge is 2.30. The van der Waals surface area contributed by atoms with Gasteiger partial charge in [0.2, 0.25) is 0 Å². The van der Waals surface area contributed by atoms with E-state index in [1.165, 1.54) is 37.3 Å². The number of hydrazone groups is 1. The first-order valence-corrected chi connectivity index (χ1v) is 10.3. The largest absolute Gasteiger partial charge is 0.422 e. The van der Waals surface area contributed by atoms with E-state index in [9.17, 15) is 37.7 Å². The number of carbonyl (C=O) groups excluding carboxylic acids is 3. The maximum atomic E-state index is 12.8. The fourth-order valence-electron chi connectivity index (χ4n) is 2.94. The number of alkyl halides is 3. The summed E-state index contributed by atoms with van der Waals surface area (Å²) in [6.45, 7) is 1.45. The molecule has 3 aromatic carbocycles. The number of hydrogen-bond acceptors (Lipinski definition) is 7. The monoisotopic (exact) mass is 514 g/mol. The summed E-state index contributed by atoms with van der Waals surface area (Å²) in [6.07, 6.45) is -4.63. The Labute approximate surface area is 206 Å². The van der Waals surface area contributed by atoms with Gasteiger partial charge in [0.15, 0.2) is 0 Å². The summed E-state index contributed by atoms with van der Waals surface area (Å²) in [6, 6.07) is 14.6. The number of halogens is 3. The van der Waals surface area contributed by atoms with E-state index in [0.29, 0.717) is 6.07 Å². The van der Waals surface area contributed by atoms with E-state index in [1.807, 2.05) is 5.43 Å². The molecule has 0 fully saturated rings. The fraction of sp³-hybridized carbons (Fsp3) is 0.0833. The van der Waals surface area contributed by atoms with Crippen molar-refractivity contribution in [3.8, 4) is 5.75 Å². The first kappa shape index (κ1) is 26.5. The second kappa shape index (κ2) is 11.1. The van der Waals surface area contributed by atoms with Crippen molar-refractivity contribution in [3.63, 3.8) is 0 Å². The van der Waals surface area contributed by atoms with Crippen molar-refractivity contribution >= 4 is 34.9 Å². The molecule has 190 valence electrons. The van der Waals surface area contributed by atoms with Gasteiger partial charge in [-0.15, -0.1) is 0 Å². The molecular weight excluding hydrogens is 497 g/mol. The molecule has 3 rings (SSSR count). The average Bonchev–Trinajstić information content (AvgIpc) is 2.87. The zero-order valence-electron chi connectivity index (χ0n) is 18.9. The van der Waals surface area contributed by atoms with E-state index in [-0.39, 0.29) is 34.0 Å². The van der Waals surface area contributed by atoms with Crippen molar-refractivity contribution in [2.45, 2.75) is 13.1 Å². The van der Waals surface area contributed by atoms with Gasteiger partial charge in [-0.05, 0) is 49.4 Å². The van der Waals surface area contributed by atoms with Gasteiger partial charge in [-0.25, -0.2) is 10.2 Å². The number of rotatable bonds is 6. The molecule has 0 unspecified atom stereocenters. The smallest absolute Gasteiger partial charge is 0.416 e. The number of nitrogens with one attached hydrogen (secondary N) is 2. The SMILES string of the molecule is C/C(=N\NC(=O)C(=O)Nc1cccc(C(F)(F)F)c1)c1ccccc1OC(=O)c1ccc([N+](=O)[O-])cc1. The predicted molar refractivity (Wildman–Crippen MR) is 125 cm³/mol. The van der Waals surface area contributed by atoms with Gasteiger partial charge < -0.3 is 10.1 Å². The van der Waals surface area contributed by atoms with Crippen molar-refractivity contribution in [3.05, 3.63) is 99.6 Å². The lowest BCUT2D eigenvalue weighted by Crippen LogP contribution is -2.33. The minimum Gasteiger partial charge on any atom is -0.422 e. The number of nitro benzene ring substituents is 1. The second-order valence-corrected chi connectivity index (χ2v) is 7.36. The van der Waals surface area contributed by atoms with Crippen molar-refractivity contribution in [2.24, 2.45) is 5.10 Å².